The minimum atomic E-state index is -0.903. The van der Waals surface area contributed by atoms with Crippen molar-refractivity contribution < 1.29 is 9.47 Å². The molecule has 4 nitrogen and oxygen atoms in total. The molecule has 2 aliphatic heterocycles. The Morgan fingerprint density at radius 3 is 1.54 bits per heavy atom. The summed E-state index contributed by atoms with van der Waals surface area (Å²) < 4.78 is 12.4. The fourth-order valence-electron chi connectivity index (χ4n) is 5.14. The van der Waals surface area contributed by atoms with Crippen LogP contribution in [0.25, 0.3) is 0 Å². The average Bonchev–Trinajstić information content (AvgIpc) is 3.55. The number of hydrogen-bond donors (Lipinski definition) is 0. The van der Waals surface area contributed by atoms with E-state index < -0.39 is 7.92 Å². The van der Waals surface area contributed by atoms with Crippen LogP contribution in [0.3, 0.4) is 0 Å². The first-order valence-corrected chi connectivity index (χ1v) is 14.8. The number of nitrogens with zero attached hydrogens (tertiary/aromatic N) is 2. The van der Waals surface area contributed by atoms with Crippen LogP contribution in [0.1, 0.15) is 51.7 Å². The van der Waals surface area contributed by atoms with Gasteiger partial charge in [0.05, 0.1) is 12.1 Å². The van der Waals surface area contributed by atoms with Crippen LogP contribution in [0, 0.1) is 11.8 Å². The molecule has 0 aromatic heterocycles. The van der Waals surface area contributed by atoms with Crippen molar-refractivity contribution >= 4 is 35.6 Å². The standard InChI is InChI=1S/C32H37N2O2P/c1-22(2)18-24-20-35-31(33-24)27-14-8-10-16-29(27)37(26-12-6-5-7-13-26)30-17-11-9-15-28(30)32-34-25(21-36-32)19-23(3)4/h5-17,22-25H,18-21H2,1-4H3/t24-,25-/m0/s1. The molecule has 0 amide bonds. The van der Waals surface area contributed by atoms with E-state index in [0.29, 0.717) is 25.0 Å². The quantitative estimate of drug-likeness (QED) is 0.339. The van der Waals surface area contributed by atoms with E-state index in [-0.39, 0.29) is 12.1 Å². The largest absolute Gasteiger partial charge is 0.475 e. The zero-order chi connectivity index (χ0) is 25.8. The number of aliphatic imine (C=N–C) groups is 2. The fraction of sp³-hybridized carbons (Fsp3) is 0.375. The minimum Gasteiger partial charge on any atom is -0.475 e. The average molecular weight is 513 g/mol. The van der Waals surface area contributed by atoms with E-state index in [1.165, 1.54) is 15.9 Å². The SMILES string of the molecule is CC(C)C[C@H]1COC(c2ccccc2P(c2ccccc2)c2ccccc2C2=N[C@@H](CC(C)C)CO2)=N1. The van der Waals surface area contributed by atoms with E-state index in [9.17, 15) is 0 Å². The first kappa shape index (κ1) is 25.7. The van der Waals surface area contributed by atoms with Crippen LogP contribution in [0.15, 0.2) is 88.8 Å². The molecule has 192 valence electrons. The molecule has 0 bridgehead atoms. The molecule has 0 radical (unpaired) electrons. The number of hydrogen-bond acceptors (Lipinski definition) is 4. The maximum absolute atomic E-state index is 6.21. The smallest absolute Gasteiger partial charge is 0.217 e. The second kappa shape index (κ2) is 11.6. The summed E-state index contributed by atoms with van der Waals surface area (Å²) in [6.45, 7) is 10.3. The number of rotatable bonds is 9. The highest BCUT2D eigenvalue weighted by Crippen LogP contribution is 2.37. The van der Waals surface area contributed by atoms with Crippen molar-refractivity contribution in [3.05, 3.63) is 90.0 Å². The van der Waals surface area contributed by atoms with E-state index in [4.69, 9.17) is 19.5 Å². The molecule has 0 spiro atoms. The fourth-order valence-corrected chi connectivity index (χ4v) is 7.72. The third kappa shape index (κ3) is 5.96. The zero-order valence-electron chi connectivity index (χ0n) is 22.3. The van der Waals surface area contributed by atoms with Crippen LogP contribution < -0.4 is 15.9 Å². The zero-order valence-corrected chi connectivity index (χ0v) is 23.2. The van der Waals surface area contributed by atoms with Crippen LogP contribution in [0.4, 0.5) is 0 Å². The van der Waals surface area contributed by atoms with Crippen molar-refractivity contribution in [2.75, 3.05) is 13.2 Å². The van der Waals surface area contributed by atoms with E-state index in [1.807, 2.05) is 0 Å². The number of ether oxygens (including phenoxy) is 2. The highest BCUT2D eigenvalue weighted by Gasteiger charge is 2.30. The maximum Gasteiger partial charge on any atom is 0.217 e. The summed E-state index contributed by atoms with van der Waals surface area (Å²) in [7, 11) is -0.903. The Kier molecular flexibility index (Phi) is 8.05. The predicted molar refractivity (Wildman–Crippen MR) is 157 cm³/mol. The second-order valence-corrected chi connectivity index (χ2v) is 12.9. The van der Waals surface area contributed by atoms with E-state index in [2.05, 4.69) is 107 Å². The van der Waals surface area contributed by atoms with Gasteiger partial charge in [-0.05, 0) is 60.6 Å². The molecule has 3 aromatic rings. The Hall–Kier alpha value is -2.97. The van der Waals surface area contributed by atoms with Crippen LogP contribution in [-0.4, -0.2) is 37.1 Å². The summed E-state index contributed by atoms with van der Waals surface area (Å²) >= 11 is 0. The first-order chi connectivity index (χ1) is 18.0. The molecule has 37 heavy (non-hydrogen) atoms. The summed E-state index contributed by atoms with van der Waals surface area (Å²) in [5, 5.41) is 3.78. The second-order valence-electron chi connectivity index (χ2n) is 10.8. The molecule has 3 aromatic carbocycles. The predicted octanol–water partition coefficient (Wildman–Crippen LogP) is 5.83. The van der Waals surface area contributed by atoms with Crippen molar-refractivity contribution in [1.82, 2.24) is 0 Å². The van der Waals surface area contributed by atoms with Crippen molar-refractivity contribution in [2.45, 2.75) is 52.6 Å². The topological polar surface area (TPSA) is 43.2 Å². The maximum atomic E-state index is 6.21. The monoisotopic (exact) mass is 512 g/mol. The Morgan fingerprint density at radius 2 is 1.08 bits per heavy atom. The lowest BCUT2D eigenvalue weighted by atomic mass is 10.1. The molecule has 5 rings (SSSR count). The highest BCUT2D eigenvalue weighted by atomic mass is 31.1. The van der Waals surface area contributed by atoms with Gasteiger partial charge in [-0.3, -0.25) is 0 Å². The van der Waals surface area contributed by atoms with Gasteiger partial charge in [-0.15, -0.1) is 0 Å². The Labute approximate surface area is 222 Å². The molecule has 0 fully saturated rings. The minimum absolute atomic E-state index is 0.220. The van der Waals surface area contributed by atoms with Gasteiger partial charge in [0, 0.05) is 11.1 Å². The lowest BCUT2D eigenvalue weighted by molar-refractivity contribution is 0.301. The molecule has 0 saturated carbocycles. The molecule has 5 heteroatoms. The molecule has 0 saturated heterocycles. The van der Waals surface area contributed by atoms with Gasteiger partial charge < -0.3 is 9.47 Å². The molecule has 0 aliphatic carbocycles. The van der Waals surface area contributed by atoms with Crippen molar-refractivity contribution in [1.29, 1.82) is 0 Å². The van der Waals surface area contributed by atoms with Crippen molar-refractivity contribution in [3.8, 4) is 0 Å². The van der Waals surface area contributed by atoms with Crippen LogP contribution >= 0.6 is 7.92 Å². The molecule has 0 unspecified atom stereocenters. The van der Waals surface area contributed by atoms with Gasteiger partial charge >= 0.3 is 0 Å². The van der Waals surface area contributed by atoms with Crippen LogP contribution in [0.5, 0.6) is 0 Å². The van der Waals surface area contributed by atoms with Crippen molar-refractivity contribution in [3.63, 3.8) is 0 Å². The van der Waals surface area contributed by atoms with Gasteiger partial charge in [0.2, 0.25) is 11.8 Å². The van der Waals surface area contributed by atoms with Gasteiger partial charge in [-0.1, -0.05) is 94.4 Å². The van der Waals surface area contributed by atoms with Crippen LogP contribution in [-0.2, 0) is 9.47 Å². The van der Waals surface area contributed by atoms with Crippen molar-refractivity contribution in [2.24, 2.45) is 21.8 Å². The van der Waals surface area contributed by atoms with Gasteiger partial charge in [-0.2, -0.15) is 0 Å². The Balaban J connectivity index is 1.61. The third-order valence-electron chi connectivity index (χ3n) is 6.68. The molecule has 2 heterocycles. The first-order valence-electron chi connectivity index (χ1n) is 13.4. The van der Waals surface area contributed by atoms with Gasteiger partial charge in [-0.25, -0.2) is 9.98 Å². The Morgan fingerprint density at radius 1 is 0.649 bits per heavy atom. The summed E-state index contributed by atoms with van der Waals surface area (Å²) in [5.74, 6) is 2.72. The molecule has 2 aliphatic rings. The molecule has 2 atom stereocenters. The third-order valence-corrected chi connectivity index (χ3v) is 9.23. The molecular formula is C32H37N2O2P. The normalized spacial score (nSPS) is 19.2. The van der Waals surface area contributed by atoms with Crippen LogP contribution in [0.2, 0.25) is 0 Å². The van der Waals surface area contributed by atoms with Gasteiger partial charge in [0.15, 0.2) is 0 Å². The van der Waals surface area contributed by atoms with E-state index in [1.54, 1.807) is 0 Å². The number of benzene rings is 3. The Bertz CT molecular complexity index is 1190. The molecular weight excluding hydrogens is 475 g/mol. The lowest BCUT2D eigenvalue weighted by Gasteiger charge is -2.24. The van der Waals surface area contributed by atoms with E-state index >= 15 is 0 Å². The highest BCUT2D eigenvalue weighted by molar-refractivity contribution is 7.80. The summed E-state index contributed by atoms with van der Waals surface area (Å²) in [6.07, 6.45) is 2.08. The lowest BCUT2D eigenvalue weighted by Crippen LogP contribution is -2.28. The summed E-state index contributed by atoms with van der Waals surface area (Å²) in [4.78, 5) is 10.0. The van der Waals surface area contributed by atoms with E-state index in [0.717, 1.165) is 35.8 Å². The van der Waals surface area contributed by atoms with Gasteiger partial charge in [0.1, 0.15) is 13.2 Å². The summed E-state index contributed by atoms with van der Waals surface area (Å²) in [6, 6.07) is 28.5. The molecule has 0 N–H and O–H groups in total. The summed E-state index contributed by atoms with van der Waals surface area (Å²) in [5.41, 5.74) is 2.18. The van der Waals surface area contributed by atoms with Gasteiger partial charge in [0.25, 0.3) is 0 Å².